The highest BCUT2D eigenvalue weighted by molar-refractivity contribution is 6.00. The van der Waals surface area contributed by atoms with Crippen LogP contribution in [0.5, 0.6) is 0 Å². The van der Waals surface area contributed by atoms with Crippen LogP contribution in [0, 0.1) is 24.6 Å². The zero-order valence-electron chi connectivity index (χ0n) is 20.6. The van der Waals surface area contributed by atoms with Crippen LogP contribution >= 0.6 is 0 Å². The minimum Gasteiger partial charge on any atom is -0.417 e. The molecule has 0 radical (unpaired) electrons. The van der Waals surface area contributed by atoms with Crippen LogP contribution in [0.2, 0.25) is 0 Å². The Morgan fingerprint density at radius 2 is 1.82 bits per heavy atom. The summed E-state index contributed by atoms with van der Waals surface area (Å²) < 4.78 is 100. The first kappa shape index (κ1) is 28.6. The first-order valence-corrected chi connectivity index (χ1v) is 11.7. The van der Waals surface area contributed by atoms with Crippen LogP contribution in [0.4, 0.5) is 36.4 Å². The van der Waals surface area contributed by atoms with Crippen molar-refractivity contribution in [3.8, 4) is 11.8 Å². The normalized spacial score (nSPS) is 15.7. The molecule has 0 fully saturated rings. The van der Waals surface area contributed by atoms with Gasteiger partial charge in [0.25, 0.3) is 0 Å². The van der Waals surface area contributed by atoms with Crippen molar-refractivity contribution in [2.75, 3.05) is 18.0 Å². The summed E-state index contributed by atoms with van der Waals surface area (Å²) in [6.07, 6.45) is -10.4. The Kier molecular flexibility index (Phi) is 7.86. The summed E-state index contributed by atoms with van der Waals surface area (Å²) in [5, 5.41) is 9.46. The summed E-state index contributed by atoms with van der Waals surface area (Å²) in [5.41, 5.74) is -3.19. The summed E-state index contributed by atoms with van der Waals surface area (Å²) in [7, 11) is 0. The number of aryl methyl sites for hydroxylation is 2. The van der Waals surface area contributed by atoms with Gasteiger partial charge in [-0.25, -0.2) is 4.39 Å². The van der Waals surface area contributed by atoms with E-state index in [1.807, 2.05) is 0 Å². The molecule has 0 saturated heterocycles. The maximum Gasteiger partial charge on any atom is 0.416 e. The molecule has 0 bridgehead atoms. The van der Waals surface area contributed by atoms with Crippen LogP contribution in [-0.2, 0) is 23.6 Å². The monoisotopic (exact) mass is 568 g/mol. The van der Waals surface area contributed by atoms with Gasteiger partial charge in [-0.3, -0.25) is 14.5 Å². The number of alkyl halides is 6. The Labute approximate surface area is 222 Å². The molecule has 1 unspecified atom stereocenters. The molecule has 0 saturated carbocycles. The van der Waals surface area contributed by atoms with Gasteiger partial charge in [0.1, 0.15) is 5.82 Å². The molecule has 0 spiro atoms. The van der Waals surface area contributed by atoms with E-state index in [0.717, 1.165) is 17.0 Å². The minimum absolute atomic E-state index is 0.0158. The van der Waals surface area contributed by atoms with E-state index in [4.69, 9.17) is 4.42 Å². The van der Waals surface area contributed by atoms with Crippen molar-refractivity contribution in [1.29, 1.82) is 0 Å². The number of nitrogens with one attached hydrogen (secondary N) is 1. The largest absolute Gasteiger partial charge is 0.417 e. The smallest absolute Gasteiger partial charge is 0.416 e. The predicted octanol–water partition coefficient (Wildman–Crippen LogP) is 5.05. The van der Waals surface area contributed by atoms with Crippen molar-refractivity contribution in [3.05, 3.63) is 76.3 Å². The number of anilines is 1. The number of benzene rings is 2. The number of rotatable bonds is 4. The fourth-order valence-electron chi connectivity index (χ4n) is 4.27. The summed E-state index contributed by atoms with van der Waals surface area (Å²) >= 11 is 0. The molecule has 0 aliphatic carbocycles. The second-order valence-corrected chi connectivity index (χ2v) is 8.75. The van der Waals surface area contributed by atoms with Crippen LogP contribution < -0.4 is 10.2 Å². The third-order valence-corrected chi connectivity index (χ3v) is 6.08. The lowest BCUT2D eigenvalue weighted by Gasteiger charge is -2.26. The topological polar surface area (TPSA) is 88.3 Å². The van der Waals surface area contributed by atoms with Crippen LogP contribution in [0.25, 0.3) is 0 Å². The van der Waals surface area contributed by atoms with Crippen molar-refractivity contribution < 1.29 is 44.7 Å². The van der Waals surface area contributed by atoms with Crippen molar-refractivity contribution >= 4 is 17.5 Å². The Morgan fingerprint density at radius 1 is 1.07 bits per heavy atom. The van der Waals surface area contributed by atoms with Gasteiger partial charge >= 0.3 is 24.2 Å². The van der Waals surface area contributed by atoms with Gasteiger partial charge in [0.2, 0.25) is 11.8 Å². The molecule has 3 aromatic rings. The molecular weight excluding hydrogens is 549 g/mol. The van der Waals surface area contributed by atoms with Crippen molar-refractivity contribution in [3.63, 3.8) is 0 Å². The maximum atomic E-state index is 14.0. The molecule has 1 aliphatic rings. The molecule has 1 atom stereocenters. The number of aromatic nitrogens is 2. The average Bonchev–Trinajstić information content (AvgIpc) is 3.26. The zero-order valence-corrected chi connectivity index (χ0v) is 20.6. The van der Waals surface area contributed by atoms with Gasteiger partial charge in [0, 0.05) is 12.6 Å². The molecule has 7 nitrogen and oxygen atoms in total. The van der Waals surface area contributed by atoms with E-state index in [9.17, 15) is 40.3 Å². The first-order chi connectivity index (χ1) is 18.8. The molecule has 1 aromatic heterocycles. The van der Waals surface area contributed by atoms with Gasteiger partial charge in [-0.2, -0.15) is 26.3 Å². The van der Waals surface area contributed by atoms with Crippen LogP contribution in [-0.4, -0.2) is 35.1 Å². The molecular formula is C26H19F7N4O3. The van der Waals surface area contributed by atoms with E-state index in [0.29, 0.717) is 17.7 Å². The Morgan fingerprint density at radius 3 is 2.48 bits per heavy atom. The molecule has 14 heteroatoms. The number of halogens is 7. The number of carbonyl (C=O) groups excluding carboxylic acids is 2. The van der Waals surface area contributed by atoms with Crippen molar-refractivity contribution in [2.24, 2.45) is 0 Å². The molecule has 1 aliphatic heterocycles. The molecule has 2 heterocycles. The van der Waals surface area contributed by atoms with Gasteiger partial charge in [-0.05, 0) is 54.3 Å². The highest BCUT2D eigenvalue weighted by Gasteiger charge is 2.42. The van der Waals surface area contributed by atoms with Gasteiger partial charge in [0.15, 0.2) is 0 Å². The number of nitrogens with zero attached hydrogens (tertiary/aromatic N) is 3. The summed E-state index contributed by atoms with van der Waals surface area (Å²) in [5.74, 6) is 1.42. The SMILES string of the molecule is Cc1nnc(C(=O)NCC#CCN2C(=O)C(c3ccc(C(F)(F)F)cc3C(F)(F)F)CCc3cc(F)ccc32)o1. The van der Waals surface area contributed by atoms with Crippen molar-refractivity contribution in [1.82, 2.24) is 15.5 Å². The first-order valence-electron chi connectivity index (χ1n) is 11.7. The molecule has 4 rings (SSSR count). The van der Waals surface area contributed by atoms with E-state index >= 15 is 0 Å². The van der Waals surface area contributed by atoms with Crippen LogP contribution in [0.15, 0.2) is 40.8 Å². The van der Waals surface area contributed by atoms with E-state index < -0.39 is 52.6 Å². The average molecular weight is 568 g/mol. The van der Waals surface area contributed by atoms with Crippen LogP contribution in [0.1, 0.15) is 51.2 Å². The lowest BCUT2D eigenvalue weighted by molar-refractivity contribution is -0.143. The predicted molar refractivity (Wildman–Crippen MR) is 125 cm³/mol. The maximum absolute atomic E-state index is 14.0. The minimum atomic E-state index is -5.18. The third-order valence-electron chi connectivity index (χ3n) is 6.08. The molecule has 210 valence electrons. The van der Waals surface area contributed by atoms with Gasteiger partial charge < -0.3 is 9.73 Å². The lowest BCUT2D eigenvalue weighted by atomic mass is 9.88. The second kappa shape index (κ2) is 11.0. The Bertz CT molecular complexity index is 1500. The number of amides is 2. The number of hydrogen-bond acceptors (Lipinski definition) is 5. The van der Waals surface area contributed by atoms with E-state index in [2.05, 4.69) is 27.4 Å². The fraction of sp³-hybridized carbons (Fsp3) is 0.308. The summed E-state index contributed by atoms with van der Waals surface area (Å²) in [4.78, 5) is 26.6. The third kappa shape index (κ3) is 6.24. The van der Waals surface area contributed by atoms with E-state index in [1.54, 1.807) is 0 Å². The second-order valence-electron chi connectivity index (χ2n) is 8.75. The van der Waals surface area contributed by atoms with Crippen LogP contribution in [0.3, 0.4) is 0 Å². The molecule has 1 N–H and O–H groups in total. The zero-order chi connectivity index (χ0) is 29.2. The summed E-state index contributed by atoms with van der Waals surface area (Å²) in [6, 6.07) is 4.62. The fourth-order valence-corrected chi connectivity index (χ4v) is 4.27. The molecule has 2 aromatic carbocycles. The van der Waals surface area contributed by atoms with E-state index in [1.165, 1.54) is 13.0 Å². The number of hydrogen-bond donors (Lipinski definition) is 1. The summed E-state index contributed by atoms with van der Waals surface area (Å²) in [6.45, 7) is 0.922. The lowest BCUT2D eigenvalue weighted by Crippen LogP contribution is -2.35. The van der Waals surface area contributed by atoms with Gasteiger partial charge in [-0.1, -0.05) is 17.9 Å². The number of fused-ring (bicyclic) bond motifs is 1. The number of carbonyl (C=O) groups is 2. The standard InChI is InChI=1S/C26H19F7N4O3/c1-14-35-36-23(40-14)22(38)34-10-2-3-11-37-21-9-6-17(27)12-15(21)4-7-19(24(37)39)18-8-5-16(25(28,29)30)13-20(18)26(31,32)33/h5-6,8-9,12-13,19H,4,7,10-11H2,1H3,(H,34,38). The molecule has 2 amide bonds. The van der Waals surface area contributed by atoms with Gasteiger partial charge in [-0.15, -0.1) is 10.2 Å². The Balaban J connectivity index is 1.63. The highest BCUT2D eigenvalue weighted by atomic mass is 19.4. The highest BCUT2D eigenvalue weighted by Crippen LogP contribution is 2.42. The quantitative estimate of drug-likeness (QED) is 0.352. The van der Waals surface area contributed by atoms with E-state index in [-0.39, 0.29) is 49.5 Å². The Hall–Kier alpha value is -4.41. The molecule has 40 heavy (non-hydrogen) atoms. The van der Waals surface area contributed by atoms with Gasteiger partial charge in [0.05, 0.1) is 30.1 Å². The van der Waals surface area contributed by atoms with Crippen molar-refractivity contribution in [2.45, 2.75) is 38.0 Å².